The van der Waals surface area contributed by atoms with E-state index in [1.54, 1.807) is 0 Å². The second kappa shape index (κ2) is 3.49. The van der Waals surface area contributed by atoms with Crippen molar-refractivity contribution in [2.45, 2.75) is 13.0 Å². The van der Waals surface area contributed by atoms with Crippen molar-refractivity contribution in [1.29, 1.82) is 0 Å². The monoisotopic (exact) mass is 198 g/mol. The third-order valence-electron chi connectivity index (χ3n) is 1.96. The van der Waals surface area contributed by atoms with E-state index in [4.69, 9.17) is 5.11 Å². The molecule has 0 radical (unpaired) electrons. The SMILES string of the molecule is CC(C(=O)O)n1ccn(C)c(=O)c1=O. The highest BCUT2D eigenvalue weighted by atomic mass is 16.4. The van der Waals surface area contributed by atoms with E-state index >= 15 is 0 Å². The van der Waals surface area contributed by atoms with Gasteiger partial charge >= 0.3 is 17.1 Å². The van der Waals surface area contributed by atoms with Gasteiger partial charge in [0.1, 0.15) is 6.04 Å². The lowest BCUT2D eigenvalue weighted by Crippen LogP contribution is -2.41. The third kappa shape index (κ3) is 1.59. The van der Waals surface area contributed by atoms with Crippen molar-refractivity contribution in [3.8, 4) is 0 Å². The fraction of sp³-hybridized carbons (Fsp3) is 0.375. The van der Waals surface area contributed by atoms with Gasteiger partial charge in [0.05, 0.1) is 0 Å². The molecule has 1 atom stereocenters. The van der Waals surface area contributed by atoms with Crippen molar-refractivity contribution < 1.29 is 9.90 Å². The van der Waals surface area contributed by atoms with E-state index in [1.165, 1.54) is 26.4 Å². The smallest absolute Gasteiger partial charge is 0.326 e. The number of aliphatic carboxylic acids is 1. The summed E-state index contributed by atoms with van der Waals surface area (Å²) in [5, 5.41) is 8.65. The molecule has 1 heterocycles. The molecule has 0 spiro atoms. The van der Waals surface area contributed by atoms with E-state index in [2.05, 4.69) is 0 Å². The average molecular weight is 198 g/mol. The maximum absolute atomic E-state index is 11.3. The molecular formula is C8H10N2O4. The van der Waals surface area contributed by atoms with Crippen molar-refractivity contribution in [3.05, 3.63) is 33.1 Å². The quantitative estimate of drug-likeness (QED) is 0.630. The molecule has 76 valence electrons. The van der Waals surface area contributed by atoms with E-state index < -0.39 is 23.1 Å². The molecule has 0 fully saturated rings. The first-order chi connectivity index (χ1) is 6.45. The van der Waals surface area contributed by atoms with E-state index in [9.17, 15) is 14.4 Å². The lowest BCUT2D eigenvalue weighted by Gasteiger charge is -2.09. The molecule has 1 N–H and O–H groups in total. The number of hydrogen-bond acceptors (Lipinski definition) is 3. The van der Waals surface area contributed by atoms with Gasteiger partial charge in [0.2, 0.25) is 0 Å². The van der Waals surface area contributed by atoms with Crippen LogP contribution in [0.2, 0.25) is 0 Å². The minimum absolute atomic E-state index is 0.736. The number of aryl methyl sites for hydroxylation is 1. The van der Waals surface area contributed by atoms with Crippen molar-refractivity contribution in [3.63, 3.8) is 0 Å². The second-order valence-electron chi connectivity index (χ2n) is 2.94. The number of carbonyl (C=O) groups is 1. The summed E-state index contributed by atoms with van der Waals surface area (Å²) in [6.45, 7) is 1.34. The molecule has 1 unspecified atom stereocenters. The van der Waals surface area contributed by atoms with Crippen LogP contribution in [0.15, 0.2) is 22.0 Å². The largest absolute Gasteiger partial charge is 0.480 e. The van der Waals surface area contributed by atoms with Crippen LogP contribution in [0.1, 0.15) is 13.0 Å². The van der Waals surface area contributed by atoms with Gasteiger partial charge in [-0.15, -0.1) is 0 Å². The average Bonchev–Trinajstić information content (AvgIpc) is 2.13. The van der Waals surface area contributed by atoms with Crippen LogP contribution in [-0.2, 0) is 11.8 Å². The van der Waals surface area contributed by atoms with E-state index in [0.717, 1.165) is 9.13 Å². The minimum Gasteiger partial charge on any atom is -0.480 e. The molecule has 0 aliphatic rings. The van der Waals surface area contributed by atoms with E-state index in [0.29, 0.717) is 0 Å². The van der Waals surface area contributed by atoms with Gasteiger partial charge in [-0.05, 0) is 6.92 Å². The summed E-state index contributed by atoms with van der Waals surface area (Å²) < 4.78 is 2.00. The van der Waals surface area contributed by atoms with Crippen LogP contribution in [0.3, 0.4) is 0 Å². The summed E-state index contributed by atoms with van der Waals surface area (Å²) in [5.41, 5.74) is -1.56. The van der Waals surface area contributed by atoms with E-state index in [-0.39, 0.29) is 0 Å². The van der Waals surface area contributed by atoms with Crippen LogP contribution >= 0.6 is 0 Å². The Balaban J connectivity index is 3.40. The molecule has 14 heavy (non-hydrogen) atoms. The Hall–Kier alpha value is -1.85. The van der Waals surface area contributed by atoms with Gasteiger partial charge in [0.25, 0.3) is 0 Å². The number of rotatable bonds is 2. The van der Waals surface area contributed by atoms with Crippen molar-refractivity contribution in [1.82, 2.24) is 9.13 Å². The van der Waals surface area contributed by atoms with Crippen LogP contribution in [0.4, 0.5) is 0 Å². The maximum atomic E-state index is 11.3. The van der Waals surface area contributed by atoms with Crippen LogP contribution < -0.4 is 11.1 Å². The van der Waals surface area contributed by atoms with Crippen LogP contribution in [0.5, 0.6) is 0 Å². The van der Waals surface area contributed by atoms with Gasteiger partial charge < -0.3 is 9.67 Å². The standard InChI is InChI=1S/C8H10N2O4/c1-5(8(13)14)10-4-3-9(2)6(11)7(10)12/h3-5H,1-2H3,(H,13,14). The minimum atomic E-state index is -1.15. The molecule has 0 aliphatic heterocycles. The summed E-state index contributed by atoms with van der Waals surface area (Å²) in [6, 6.07) is -1.03. The molecule has 6 nitrogen and oxygen atoms in total. The van der Waals surface area contributed by atoms with Gasteiger partial charge in [-0.2, -0.15) is 0 Å². The van der Waals surface area contributed by atoms with Crippen molar-refractivity contribution in [2.75, 3.05) is 0 Å². The van der Waals surface area contributed by atoms with Gasteiger partial charge in [-0.25, -0.2) is 4.79 Å². The molecule has 0 saturated heterocycles. The summed E-state index contributed by atoms with van der Waals surface area (Å²) in [7, 11) is 1.43. The molecule has 1 rings (SSSR count). The van der Waals surface area contributed by atoms with Crippen molar-refractivity contribution >= 4 is 5.97 Å². The second-order valence-corrected chi connectivity index (χ2v) is 2.94. The highest BCUT2D eigenvalue weighted by molar-refractivity contribution is 5.71. The normalized spacial score (nSPS) is 12.4. The Morgan fingerprint density at radius 1 is 1.36 bits per heavy atom. The summed E-state index contributed by atoms with van der Waals surface area (Å²) in [6.07, 6.45) is 2.63. The molecule has 0 amide bonds. The number of nitrogens with zero attached hydrogens (tertiary/aromatic N) is 2. The number of hydrogen-bond donors (Lipinski definition) is 1. The lowest BCUT2D eigenvalue weighted by atomic mass is 10.3. The highest BCUT2D eigenvalue weighted by Gasteiger charge is 2.15. The topological polar surface area (TPSA) is 81.3 Å². The molecule has 0 saturated carbocycles. The Kier molecular flexibility index (Phi) is 2.55. The molecule has 0 bridgehead atoms. The van der Waals surface area contributed by atoms with Crippen LogP contribution in [-0.4, -0.2) is 20.2 Å². The molecule has 1 aromatic rings. The zero-order chi connectivity index (χ0) is 10.9. The summed E-state index contributed by atoms with van der Waals surface area (Å²) in [5.74, 6) is -1.15. The molecule has 0 aliphatic carbocycles. The Morgan fingerprint density at radius 2 is 1.93 bits per heavy atom. The lowest BCUT2D eigenvalue weighted by molar-refractivity contribution is -0.140. The number of aromatic nitrogens is 2. The Labute approximate surface area is 79.0 Å². The van der Waals surface area contributed by atoms with Gasteiger partial charge in [0.15, 0.2) is 0 Å². The Bertz CT molecular complexity index is 471. The van der Waals surface area contributed by atoms with Crippen molar-refractivity contribution in [2.24, 2.45) is 7.05 Å². The van der Waals surface area contributed by atoms with Gasteiger partial charge in [0, 0.05) is 19.4 Å². The summed E-state index contributed by atoms with van der Waals surface area (Å²) >= 11 is 0. The summed E-state index contributed by atoms with van der Waals surface area (Å²) in [4.78, 5) is 33.0. The van der Waals surface area contributed by atoms with Crippen LogP contribution in [0, 0.1) is 0 Å². The molecule has 0 aromatic carbocycles. The molecular weight excluding hydrogens is 188 g/mol. The first-order valence-corrected chi connectivity index (χ1v) is 3.95. The zero-order valence-corrected chi connectivity index (χ0v) is 7.80. The fourth-order valence-corrected chi connectivity index (χ4v) is 0.992. The number of carboxylic acid groups (broad SMARTS) is 1. The third-order valence-corrected chi connectivity index (χ3v) is 1.96. The zero-order valence-electron chi connectivity index (χ0n) is 7.80. The van der Waals surface area contributed by atoms with Gasteiger partial charge in [-0.1, -0.05) is 0 Å². The van der Waals surface area contributed by atoms with E-state index in [1.807, 2.05) is 0 Å². The predicted octanol–water partition coefficient (Wildman–Crippen LogP) is -0.807. The van der Waals surface area contributed by atoms with Crippen LogP contribution in [0.25, 0.3) is 0 Å². The maximum Gasteiger partial charge on any atom is 0.326 e. The Morgan fingerprint density at radius 3 is 2.43 bits per heavy atom. The fourth-order valence-electron chi connectivity index (χ4n) is 0.992. The van der Waals surface area contributed by atoms with Gasteiger partial charge in [-0.3, -0.25) is 14.2 Å². The first-order valence-electron chi connectivity index (χ1n) is 3.95. The highest BCUT2D eigenvalue weighted by Crippen LogP contribution is 1.98. The predicted molar refractivity (Wildman–Crippen MR) is 48.3 cm³/mol. The molecule has 1 aromatic heterocycles. The number of carboxylic acids is 1. The first kappa shape index (κ1) is 10.2. The molecule has 6 heteroatoms.